The third-order valence-corrected chi connectivity index (χ3v) is 2.53. The lowest BCUT2D eigenvalue weighted by Gasteiger charge is -2.14. The van der Waals surface area contributed by atoms with Gasteiger partial charge in [-0.25, -0.2) is 4.79 Å². The van der Waals surface area contributed by atoms with Crippen LogP contribution < -0.4 is 19.5 Å². The van der Waals surface area contributed by atoms with Crippen LogP contribution in [0.15, 0.2) is 18.2 Å². The number of likely N-dealkylation sites (N-methyl/N-ethyl adjacent to an activating group) is 1. The van der Waals surface area contributed by atoms with Gasteiger partial charge in [0, 0.05) is 13.1 Å². The number of hydrogen-bond donors (Lipinski definition) is 2. The standard InChI is InChI=1S/C14H17NO6/c1-15-12(16)8-21-14-10(19-2)6-9(4-5-13(17)18)7-11(14)20-3/h4-7H,8H2,1-3H3,(H,15,16)(H,17,18)/b5-4+. The molecule has 1 aromatic carbocycles. The normalized spacial score (nSPS) is 10.2. The number of hydrogen-bond acceptors (Lipinski definition) is 5. The fourth-order valence-electron chi connectivity index (χ4n) is 1.52. The molecule has 0 aliphatic carbocycles. The maximum Gasteiger partial charge on any atom is 0.328 e. The van der Waals surface area contributed by atoms with Gasteiger partial charge in [0.2, 0.25) is 5.75 Å². The Hall–Kier alpha value is -2.70. The van der Waals surface area contributed by atoms with Crippen molar-refractivity contribution in [3.63, 3.8) is 0 Å². The van der Waals surface area contributed by atoms with E-state index in [1.165, 1.54) is 27.3 Å². The molecule has 0 atom stereocenters. The van der Waals surface area contributed by atoms with Crippen LogP contribution in [0.25, 0.3) is 6.08 Å². The first-order valence-electron chi connectivity index (χ1n) is 6.02. The molecule has 0 heterocycles. The lowest BCUT2D eigenvalue weighted by molar-refractivity contribution is -0.131. The van der Waals surface area contributed by atoms with Gasteiger partial charge in [0.15, 0.2) is 18.1 Å². The van der Waals surface area contributed by atoms with Gasteiger partial charge in [-0.3, -0.25) is 4.79 Å². The summed E-state index contributed by atoms with van der Waals surface area (Å²) in [6.45, 7) is -0.187. The highest BCUT2D eigenvalue weighted by molar-refractivity contribution is 5.85. The average Bonchev–Trinajstić information content (AvgIpc) is 2.49. The number of aliphatic carboxylic acids is 1. The molecule has 0 spiro atoms. The summed E-state index contributed by atoms with van der Waals surface area (Å²) < 4.78 is 15.7. The first kappa shape index (κ1) is 16.4. The number of nitrogens with one attached hydrogen (secondary N) is 1. The zero-order valence-electron chi connectivity index (χ0n) is 12.0. The number of benzene rings is 1. The zero-order chi connectivity index (χ0) is 15.8. The zero-order valence-corrected chi connectivity index (χ0v) is 12.0. The van der Waals surface area contributed by atoms with Crippen molar-refractivity contribution in [1.29, 1.82) is 0 Å². The van der Waals surface area contributed by atoms with Crippen LogP contribution in [0.3, 0.4) is 0 Å². The molecule has 7 nitrogen and oxygen atoms in total. The molecular weight excluding hydrogens is 278 g/mol. The predicted octanol–water partition coefficient (Wildman–Crippen LogP) is 0.926. The topological polar surface area (TPSA) is 94.1 Å². The van der Waals surface area contributed by atoms with Crippen molar-refractivity contribution in [3.8, 4) is 17.2 Å². The molecule has 0 bridgehead atoms. The average molecular weight is 295 g/mol. The number of carboxylic acids is 1. The second kappa shape index (κ2) is 7.78. The van der Waals surface area contributed by atoms with Crippen molar-refractivity contribution in [2.75, 3.05) is 27.9 Å². The van der Waals surface area contributed by atoms with E-state index >= 15 is 0 Å². The van der Waals surface area contributed by atoms with E-state index < -0.39 is 5.97 Å². The molecular formula is C14H17NO6. The minimum absolute atomic E-state index is 0.187. The summed E-state index contributed by atoms with van der Waals surface area (Å²) in [4.78, 5) is 21.8. The van der Waals surface area contributed by atoms with Crippen molar-refractivity contribution in [2.24, 2.45) is 0 Å². The molecule has 0 aliphatic rings. The van der Waals surface area contributed by atoms with Crippen molar-refractivity contribution in [2.45, 2.75) is 0 Å². The molecule has 0 saturated carbocycles. The number of carboxylic acid groups (broad SMARTS) is 1. The summed E-state index contributed by atoms with van der Waals surface area (Å²) in [7, 11) is 4.37. The molecule has 2 N–H and O–H groups in total. The van der Waals surface area contributed by atoms with Crippen LogP contribution in [-0.2, 0) is 9.59 Å². The molecule has 0 aliphatic heterocycles. The molecule has 21 heavy (non-hydrogen) atoms. The quantitative estimate of drug-likeness (QED) is 0.727. The van der Waals surface area contributed by atoms with Gasteiger partial charge in [0.05, 0.1) is 14.2 Å². The van der Waals surface area contributed by atoms with Crippen LogP contribution in [0.5, 0.6) is 17.2 Å². The highest BCUT2D eigenvalue weighted by Crippen LogP contribution is 2.38. The Morgan fingerprint density at radius 2 is 1.81 bits per heavy atom. The first-order chi connectivity index (χ1) is 10.0. The van der Waals surface area contributed by atoms with Crippen LogP contribution in [0.4, 0.5) is 0 Å². The number of methoxy groups -OCH3 is 2. The van der Waals surface area contributed by atoms with Crippen LogP contribution in [0.2, 0.25) is 0 Å². The summed E-state index contributed by atoms with van der Waals surface area (Å²) in [6, 6.07) is 3.17. The molecule has 1 aromatic rings. The molecule has 0 fully saturated rings. The second-order valence-electron chi connectivity index (χ2n) is 3.89. The molecule has 0 unspecified atom stereocenters. The van der Waals surface area contributed by atoms with E-state index in [0.29, 0.717) is 17.1 Å². The van der Waals surface area contributed by atoms with Crippen molar-refractivity contribution in [1.82, 2.24) is 5.32 Å². The highest BCUT2D eigenvalue weighted by atomic mass is 16.5. The Balaban J connectivity index is 3.12. The van der Waals surface area contributed by atoms with E-state index in [4.69, 9.17) is 19.3 Å². The maximum absolute atomic E-state index is 11.2. The van der Waals surface area contributed by atoms with Crippen LogP contribution in [0, 0.1) is 0 Å². The van der Waals surface area contributed by atoms with E-state index in [0.717, 1.165) is 6.08 Å². The van der Waals surface area contributed by atoms with Crippen LogP contribution in [0.1, 0.15) is 5.56 Å². The molecule has 0 radical (unpaired) electrons. The van der Waals surface area contributed by atoms with Gasteiger partial charge < -0.3 is 24.6 Å². The van der Waals surface area contributed by atoms with E-state index in [1.54, 1.807) is 12.1 Å². The number of amides is 1. The smallest absolute Gasteiger partial charge is 0.328 e. The molecule has 7 heteroatoms. The summed E-state index contributed by atoms with van der Waals surface area (Å²) in [5.74, 6) is -0.413. The SMILES string of the molecule is CNC(=O)COc1c(OC)cc(/C=C/C(=O)O)cc1OC. The Kier molecular flexibility index (Phi) is 6.06. The minimum atomic E-state index is -1.06. The van der Waals surface area contributed by atoms with Gasteiger partial charge in [-0.15, -0.1) is 0 Å². The minimum Gasteiger partial charge on any atom is -0.493 e. The first-order valence-corrected chi connectivity index (χ1v) is 6.02. The fraction of sp³-hybridized carbons (Fsp3) is 0.286. The third kappa shape index (κ3) is 4.72. The van der Waals surface area contributed by atoms with Crippen molar-refractivity contribution in [3.05, 3.63) is 23.8 Å². The maximum atomic E-state index is 11.2. The van der Waals surface area contributed by atoms with Crippen LogP contribution in [-0.4, -0.2) is 44.9 Å². The second-order valence-corrected chi connectivity index (χ2v) is 3.89. The molecule has 1 amide bonds. The Morgan fingerprint density at radius 3 is 2.24 bits per heavy atom. The Labute approximate surface area is 122 Å². The summed E-state index contributed by atoms with van der Waals surface area (Å²) in [6.07, 6.45) is 2.40. The highest BCUT2D eigenvalue weighted by Gasteiger charge is 2.14. The number of ether oxygens (including phenoxy) is 3. The van der Waals surface area contributed by atoms with E-state index in [9.17, 15) is 9.59 Å². The Morgan fingerprint density at radius 1 is 1.24 bits per heavy atom. The lowest BCUT2D eigenvalue weighted by Crippen LogP contribution is -2.25. The number of rotatable bonds is 7. The van der Waals surface area contributed by atoms with Crippen LogP contribution >= 0.6 is 0 Å². The van der Waals surface area contributed by atoms with E-state index in [-0.39, 0.29) is 18.3 Å². The Bertz CT molecular complexity index is 527. The predicted molar refractivity (Wildman–Crippen MR) is 75.8 cm³/mol. The van der Waals surface area contributed by atoms with Gasteiger partial charge in [0.1, 0.15) is 0 Å². The summed E-state index contributed by atoms with van der Waals surface area (Å²) in [5, 5.41) is 11.1. The van der Waals surface area contributed by atoms with Gasteiger partial charge in [0.25, 0.3) is 5.91 Å². The van der Waals surface area contributed by atoms with Gasteiger partial charge in [-0.05, 0) is 23.8 Å². The van der Waals surface area contributed by atoms with Crippen molar-refractivity contribution >= 4 is 18.0 Å². The van der Waals surface area contributed by atoms with E-state index in [1.807, 2.05) is 0 Å². The molecule has 114 valence electrons. The molecule has 0 aromatic heterocycles. The third-order valence-electron chi connectivity index (χ3n) is 2.53. The summed E-state index contributed by atoms with van der Waals surface area (Å²) in [5.41, 5.74) is 0.568. The number of carbonyl (C=O) groups excluding carboxylic acids is 1. The molecule has 0 saturated heterocycles. The molecule has 1 rings (SSSR count). The van der Waals surface area contributed by atoms with Gasteiger partial charge in [-0.1, -0.05) is 0 Å². The monoisotopic (exact) mass is 295 g/mol. The largest absolute Gasteiger partial charge is 0.493 e. The number of carbonyl (C=O) groups is 2. The summed E-state index contributed by atoms with van der Waals surface area (Å²) >= 11 is 0. The fourth-order valence-corrected chi connectivity index (χ4v) is 1.52. The lowest BCUT2D eigenvalue weighted by atomic mass is 10.1. The van der Waals surface area contributed by atoms with E-state index in [2.05, 4.69) is 5.32 Å². The van der Waals surface area contributed by atoms with Gasteiger partial charge >= 0.3 is 5.97 Å². The van der Waals surface area contributed by atoms with Crippen molar-refractivity contribution < 1.29 is 28.9 Å². The van der Waals surface area contributed by atoms with Gasteiger partial charge in [-0.2, -0.15) is 0 Å².